The fraction of sp³-hybridized carbons (Fsp3) is 0.333. The number of carbonyl (C=O) groups excluding carboxylic acids is 1. The van der Waals surface area contributed by atoms with Crippen LogP contribution >= 0.6 is 0 Å². The first-order valence-electron chi connectivity index (χ1n) is 5.38. The topological polar surface area (TPSA) is 75.6 Å². The molecule has 1 aliphatic heterocycles. The standard InChI is InChI=1S/C12H13NO4/c14-11-7-9(13-12(15)16)10(17-11)6-8-4-2-1-3-5-8/h1-5,9-10,13H,6-7H2,(H,15,16)/t9-,10?/m1/s1. The smallest absolute Gasteiger partial charge is 0.405 e. The summed E-state index contributed by atoms with van der Waals surface area (Å²) >= 11 is 0. The molecule has 1 aromatic rings. The second-order valence-corrected chi connectivity index (χ2v) is 3.98. The maximum Gasteiger partial charge on any atom is 0.405 e. The van der Waals surface area contributed by atoms with Gasteiger partial charge in [0.2, 0.25) is 0 Å². The Balaban J connectivity index is 2.03. The second-order valence-electron chi connectivity index (χ2n) is 3.98. The van der Waals surface area contributed by atoms with Crippen LogP contribution in [0.2, 0.25) is 0 Å². The van der Waals surface area contributed by atoms with E-state index in [1.165, 1.54) is 0 Å². The Morgan fingerprint density at radius 2 is 2.12 bits per heavy atom. The van der Waals surface area contributed by atoms with Crippen LogP contribution in [0.4, 0.5) is 4.79 Å². The van der Waals surface area contributed by atoms with E-state index in [1.807, 2.05) is 30.3 Å². The fourth-order valence-corrected chi connectivity index (χ4v) is 1.94. The van der Waals surface area contributed by atoms with Crippen molar-refractivity contribution in [3.05, 3.63) is 35.9 Å². The Morgan fingerprint density at radius 1 is 1.41 bits per heavy atom. The zero-order chi connectivity index (χ0) is 12.3. The highest BCUT2D eigenvalue weighted by Gasteiger charge is 2.35. The van der Waals surface area contributed by atoms with Crippen LogP contribution in [0.3, 0.4) is 0 Å². The molecule has 5 nitrogen and oxygen atoms in total. The van der Waals surface area contributed by atoms with Crippen molar-refractivity contribution in [2.75, 3.05) is 0 Å². The molecule has 0 saturated carbocycles. The molecule has 0 radical (unpaired) electrons. The van der Waals surface area contributed by atoms with Gasteiger partial charge in [0.25, 0.3) is 0 Å². The van der Waals surface area contributed by atoms with E-state index in [4.69, 9.17) is 9.84 Å². The van der Waals surface area contributed by atoms with Gasteiger partial charge in [0.15, 0.2) is 0 Å². The summed E-state index contributed by atoms with van der Waals surface area (Å²) in [4.78, 5) is 21.8. The summed E-state index contributed by atoms with van der Waals surface area (Å²) in [7, 11) is 0. The Labute approximate surface area is 98.4 Å². The number of carbonyl (C=O) groups is 2. The molecule has 2 atom stereocenters. The normalized spacial score (nSPS) is 23.2. The minimum Gasteiger partial charge on any atom is -0.465 e. The highest BCUT2D eigenvalue weighted by atomic mass is 16.6. The van der Waals surface area contributed by atoms with Gasteiger partial charge in [-0.15, -0.1) is 0 Å². The molecule has 0 aromatic heterocycles. The van der Waals surface area contributed by atoms with Crippen molar-refractivity contribution in [2.24, 2.45) is 0 Å². The molecule has 1 saturated heterocycles. The quantitative estimate of drug-likeness (QED) is 0.771. The lowest BCUT2D eigenvalue weighted by atomic mass is 10.0. The summed E-state index contributed by atoms with van der Waals surface area (Å²) in [5, 5.41) is 11.0. The third kappa shape index (κ3) is 2.96. The van der Waals surface area contributed by atoms with Crippen LogP contribution in [0.15, 0.2) is 30.3 Å². The third-order valence-corrected chi connectivity index (χ3v) is 2.71. The maximum atomic E-state index is 11.2. The number of rotatable bonds is 3. The molecule has 1 aromatic carbocycles. The number of hydrogen-bond donors (Lipinski definition) is 2. The van der Waals surface area contributed by atoms with Crippen molar-refractivity contribution >= 4 is 12.1 Å². The Bertz CT molecular complexity index is 418. The van der Waals surface area contributed by atoms with Gasteiger partial charge >= 0.3 is 12.1 Å². The summed E-state index contributed by atoms with van der Waals surface area (Å²) in [6.45, 7) is 0. The fourth-order valence-electron chi connectivity index (χ4n) is 1.94. The van der Waals surface area contributed by atoms with Crippen molar-refractivity contribution in [3.63, 3.8) is 0 Å². The molecule has 1 aliphatic rings. The Morgan fingerprint density at radius 3 is 2.76 bits per heavy atom. The molecule has 2 rings (SSSR count). The molecule has 17 heavy (non-hydrogen) atoms. The summed E-state index contributed by atoms with van der Waals surface area (Å²) in [5.74, 6) is -0.357. The van der Waals surface area contributed by atoms with E-state index in [0.29, 0.717) is 6.42 Å². The number of carboxylic acid groups (broad SMARTS) is 1. The Kier molecular flexibility index (Phi) is 3.27. The van der Waals surface area contributed by atoms with Crippen molar-refractivity contribution in [2.45, 2.75) is 25.0 Å². The van der Waals surface area contributed by atoms with E-state index in [9.17, 15) is 9.59 Å². The number of esters is 1. The number of nitrogens with one attached hydrogen (secondary N) is 1. The molecule has 1 unspecified atom stereocenters. The van der Waals surface area contributed by atoms with Gasteiger partial charge in [0, 0.05) is 6.42 Å². The van der Waals surface area contributed by atoms with Gasteiger partial charge < -0.3 is 15.2 Å². The van der Waals surface area contributed by atoms with Crippen LogP contribution in [-0.2, 0) is 16.0 Å². The largest absolute Gasteiger partial charge is 0.465 e. The number of ether oxygens (including phenoxy) is 1. The van der Waals surface area contributed by atoms with E-state index in [-0.39, 0.29) is 12.4 Å². The molecule has 90 valence electrons. The summed E-state index contributed by atoms with van der Waals surface area (Å²) in [6.07, 6.45) is -0.922. The minimum atomic E-state index is -1.13. The number of cyclic esters (lactones) is 1. The van der Waals surface area contributed by atoms with E-state index >= 15 is 0 Å². The van der Waals surface area contributed by atoms with Gasteiger partial charge in [-0.3, -0.25) is 4.79 Å². The van der Waals surface area contributed by atoms with E-state index in [0.717, 1.165) is 5.56 Å². The zero-order valence-corrected chi connectivity index (χ0v) is 9.13. The van der Waals surface area contributed by atoms with E-state index < -0.39 is 18.2 Å². The molecule has 0 bridgehead atoms. The third-order valence-electron chi connectivity index (χ3n) is 2.71. The zero-order valence-electron chi connectivity index (χ0n) is 9.13. The molecule has 1 amide bonds. The molecular formula is C12H13NO4. The maximum absolute atomic E-state index is 11.2. The highest BCUT2D eigenvalue weighted by molar-refractivity contribution is 5.75. The van der Waals surface area contributed by atoms with Crippen LogP contribution in [0.1, 0.15) is 12.0 Å². The van der Waals surface area contributed by atoms with Crippen molar-refractivity contribution < 1.29 is 19.4 Å². The number of hydrogen-bond acceptors (Lipinski definition) is 3. The Hall–Kier alpha value is -2.04. The summed E-state index contributed by atoms with van der Waals surface area (Å²) in [5.41, 5.74) is 1.02. The lowest BCUT2D eigenvalue weighted by molar-refractivity contribution is -0.141. The highest BCUT2D eigenvalue weighted by Crippen LogP contribution is 2.19. The predicted molar refractivity (Wildman–Crippen MR) is 59.6 cm³/mol. The second kappa shape index (κ2) is 4.86. The van der Waals surface area contributed by atoms with E-state index in [2.05, 4.69) is 5.32 Å². The van der Waals surface area contributed by atoms with Gasteiger partial charge in [-0.1, -0.05) is 30.3 Å². The van der Waals surface area contributed by atoms with Crippen LogP contribution in [0, 0.1) is 0 Å². The number of amides is 1. The molecule has 0 aliphatic carbocycles. The first kappa shape index (κ1) is 11.4. The SMILES string of the molecule is O=C(O)N[C@@H]1CC(=O)OC1Cc1ccccc1. The van der Waals surface area contributed by atoms with Gasteiger partial charge in [-0.05, 0) is 5.56 Å². The van der Waals surface area contributed by atoms with Gasteiger partial charge in [0.05, 0.1) is 12.5 Å². The lowest BCUT2D eigenvalue weighted by Gasteiger charge is -2.17. The average molecular weight is 235 g/mol. The first-order chi connectivity index (χ1) is 8.15. The minimum absolute atomic E-state index is 0.101. The van der Waals surface area contributed by atoms with Crippen LogP contribution < -0.4 is 5.32 Å². The lowest BCUT2D eigenvalue weighted by Crippen LogP contribution is -2.40. The molecule has 1 fully saturated rings. The van der Waals surface area contributed by atoms with Crippen molar-refractivity contribution in [1.29, 1.82) is 0 Å². The summed E-state index contributed by atoms with van der Waals surface area (Å²) in [6, 6.07) is 9.07. The molecular weight excluding hydrogens is 222 g/mol. The number of benzene rings is 1. The summed E-state index contributed by atoms with van der Waals surface area (Å²) < 4.78 is 5.11. The van der Waals surface area contributed by atoms with Gasteiger partial charge in [-0.2, -0.15) is 0 Å². The van der Waals surface area contributed by atoms with Crippen LogP contribution in [0.25, 0.3) is 0 Å². The van der Waals surface area contributed by atoms with Crippen molar-refractivity contribution in [3.8, 4) is 0 Å². The van der Waals surface area contributed by atoms with Crippen molar-refractivity contribution in [1.82, 2.24) is 5.32 Å². The van der Waals surface area contributed by atoms with Gasteiger partial charge in [-0.25, -0.2) is 4.79 Å². The molecule has 5 heteroatoms. The van der Waals surface area contributed by atoms with Gasteiger partial charge in [0.1, 0.15) is 6.10 Å². The molecule has 2 N–H and O–H groups in total. The average Bonchev–Trinajstić information content (AvgIpc) is 2.59. The van der Waals surface area contributed by atoms with Crippen LogP contribution in [-0.4, -0.2) is 29.3 Å². The molecule has 1 heterocycles. The molecule has 0 spiro atoms. The first-order valence-corrected chi connectivity index (χ1v) is 5.38. The van der Waals surface area contributed by atoms with E-state index in [1.54, 1.807) is 0 Å². The predicted octanol–water partition coefficient (Wildman–Crippen LogP) is 1.18. The monoisotopic (exact) mass is 235 g/mol. The van der Waals surface area contributed by atoms with Crippen LogP contribution in [0.5, 0.6) is 0 Å².